The predicted molar refractivity (Wildman–Crippen MR) is 114 cm³/mol. The quantitative estimate of drug-likeness (QED) is 0.365. The van der Waals surface area contributed by atoms with Gasteiger partial charge in [-0.3, -0.25) is 4.98 Å². The molecule has 0 bridgehead atoms. The number of guanidine groups is 1. The Balaban J connectivity index is 0.00000312. The molecule has 0 amide bonds. The molecule has 0 aliphatic rings. The first kappa shape index (κ1) is 21.2. The number of halogens is 1. The molecule has 0 aliphatic carbocycles. The molecular weight excluding hydrogens is 427 g/mol. The van der Waals surface area contributed by atoms with Crippen molar-refractivity contribution in [3.8, 4) is 5.75 Å². The summed E-state index contributed by atoms with van der Waals surface area (Å²) in [5.41, 5.74) is 2.16. The molecule has 0 aliphatic heterocycles. The number of benzene rings is 1. The van der Waals surface area contributed by atoms with Gasteiger partial charge in [0.05, 0.1) is 18.8 Å². The van der Waals surface area contributed by atoms with E-state index in [0.29, 0.717) is 13.2 Å². The maximum atomic E-state index is 5.67. The number of ether oxygens (including phenoxy) is 1. The molecular formula is C19H27IN4O. The Kier molecular flexibility index (Phi) is 10.6. The molecule has 2 N–H and O–H groups in total. The lowest BCUT2D eigenvalue weighted by atomic mass is 10.1. The first-order chi connectivity index (χ1) is 11.8. The average molecular weight is 454 g/mol. The van der Waals surface area contributed by atoms with Crippen molar-refractivity contribution in [2.45, 2.75) is 26.8 Å². The maximum absolute atomic E-state index is 5.67. The van der Waals surface area contributed by atoms with E-state index >= 15 is 0 Å². The number of para-hydroxylation sites is 1. The molecule has 0 spiro atoms. The first-order valence-corrected chi connectivity index (χ1v) is 8.46. The van der Waals surface area contributed by atoms with Gasteiger partial charge in [-0.15, -0.1) is 24.0 Å². The molecule has 2 aromatic rings. The van der Waals surface area contributed by atoms with Crippen LogP contribution in [0.3, 0.4) is 0 Å². The molecule has 6 heteroatoms. The molecule has 5 nitrogen and oxygen atoms in total. The second kappa shape index (κ2) is 12.5. The van der Waals surface area contributed by atoms with Crippen LogP contribution in [-0.4, -0.2) is 30.6 Å². The van der Waals surface area contributed by atoms with Gasteiger partial charge in [0.2, 0.25) is 0 Å². The van der Waals surface area contributed by atoms with E-state index in [4.69, 9.17) is 4.74 Å². The molecule has 1 heterocycles. The highest BCUT2D eigenvalue weighted by Crippen LogP contribution is 2.17. The third-order valence-electron chi connectivity index (χ3n) is 3.43. The van der Waals surface area contributed by atoms with Crippen LogP contribution in [0.1, 0.15) is 25.1 Å². The van der Waals surface area contributed by atoms with Crippen LogP contribution in [-0.2, 0) is 13.0 Å². The van der Waals surface area contributed by atoms with Crippen molar-refractivity contribution in [1.82, 2.24) is 15.6 Å². The highest BCUT2D eigenvalue weighted by atomic mass is 127. The van der Waals surface area contributed by atoms with Crippen molar-refractivity contribution in [1.29, 1.82) is 0 Å². The van der Waals surface area contributed by atoms with Gasteiger partial charge >= 0.3 is 0 Å². The summed E-state index contributed by atoms with van der Waals surface area (Å²) in [6, 6.07) is 14.0. The van der Waals surface area contributed by atoms with Gasteiger partial charge in [-0.05, 0) is 44.0 Å². The number of nitrogens with one attached hydrogen (secondary N) is 2. The molecule has 0 fully saturated rings. The monoisotopic (exact) mass is 454 g/mol. The molecule has 1 aromatic carbocycles. The number of pyridine rings is 1. The fourth-order valence-electron chi connectivity index (χ4n) is 2.32. The van der Waals surface area contributed by atoms with Crippen LogP contribution in [0.25, 0.3) is 0 Å². The lowest BCUT2D eigenvalue weighted by Crippen LogP contribution is -2.38. The number of aliphatic imine (C=N–C) groups is 1. The minimum atomic E-state index is 0. The molecule has 25 heavy (non-hydrogen) atoms. The Labute approximate surface area is 167 Å². The van der Waals surface area contributed by atoms with Crippen molar-refractivity contribution in [3.63, 3.8) is 0 Å². The van der Waals surface area contributed by atoms with Gasteiger partial charge < -0.3 is 15.4 Å². The van der Waals surface area contributed by atoms with Crippen LogP contribution >= 0.6 is 24.0 Å². The smallest absolute Gasteiger partial charge is 0.191 e. The van der Waals surface area contributed by atoms with E-state index in [2.05, 4.69) is 33.6 Å². The van der Waals surface area contributed by atoms with Gasteiger partial charge in [0.25, 0.3) is 0 Å². The molecule has 1 aromatic heterocycles. The van der Waals surface area contributed by atoms with Gasteiger partial charge in [0, 0.05) is 19.3 Å². The van der Waals surface area contributed by atoms with E-state index in [0.717, 1.165) is 36.9 Å². The van der Waals surface area contributed by atoms with Crippen molar-refractivity contribution in [3.05, 3.63) is 59.9 Å². The van der Waals surface area contributed by atoms with Gasteiger partial charge in [-0.25, -0.2) is 4.99 Å². The minimum absolute atomic E-state index is 0. The Morgan fingerprint density at radius 2 is 1.88 bits per heavy atom. The Morgan fingerprint density at radius 3 is 2.60 bits per heavy atom. The van der Waals surface area contributed by atoms with Gasteiger partial charge in [0.15, 0.2) is 5.96 Å². The number of nitrogens with zero attached hydrogens (tertiary/aromatic N) is 2. The SMILES string of the molecule is CCNC(=NCc1ccccn1)NCCc1ccccc1OCC.I. The summed E-state index contributed by atoms with van der Waals surface area (Å²) in [5, 5.41) is 6.62. The van der Waals surface area contributed by atoms with Crippen molar-refractivity contribution in [2.75, 3.05) is 19.7 Å². The van der Waals surface area contributed by atoms with E-state index in [9.17, 15) is 0 Å². The van der Waals surface area contributed by atoms with Gasteiger partial charge in [0.1, 0.15) is 5.75 Å². The van der Waals surface area contributed by atoms with Gasteiger partial charge in [-0.1, -0.05) is 24.3 Å². The number of rotatable bonds is 8. The molecule has 0 atom stereocenters. The predicted octanol–water partition coefficient (Wildman–Crippen LogP) is 3.40. The zero-order valence-electron chi connectivity index (χ0n) is 14.9. The highest BCUT2D eigenvalue weighted by molar-refractivity contribution is 14.0. The van der Waals surface area contributed by atoms with E-state index in [1.165, 1.54) is 5.56 Å². The molecule has 0 saturated heterocycles. The third-order valence-corrected chi connectivity index (χ3v) is 3.43. The maximum Gasteiger partial charge on any atom is 0.191 e. The summed E-state index contributed by atoms with van der Waals surface area (Å²) in [5.74, 6) is 1.76. The molecule has 136 valence electrons. The summed E-state index contributed by atoms with van der Waals surface area (Å²) in [6.45, 7) is 6.91. The number of aromatic nitrogens is 1. The summed E-state index contributed by atoms with van der Waals surface area (Å²) < 4.78 is 5.67. The average Bonchev–Trinajstić information content (AvgIpc) is 2.62. The minimum Gasteiger partial charge on any atom is -0.494 e. The second-order valence-corrected chi connectivity index (χ2v) is 5.23. The van der Waals surface area contributed by atoms with E-state index < -0.39 is 0 Å². The standard InChI is InChI=1S/C19H26N4O.HI/c1-3-20-19(23-15-17-10-7-8-13-21-17)22-14-12-16-9-5-6-11-18(16)24-4-2;/h5-11,13H,3-4,12,14-15H2,1-2H3,(H2,20,22,23);1H. The fraction of sp³-hybridized carbons (Fsp3) is 0.368. The van der Waals surface area contributed by atoms with Crippen LogP contribution in [0.4, 0.5) is 0 Å². The third kappa shape index (κ3) is 7.72. The molecule has 0 saturated carbocycles. The Hall–Kier alpha value is -1.83. The van der Waals surface area contributed by atoms with Crippen molar-refractivity contribution >= 4 is 29.9 Å². The fourth-order valence-corrected chi connectivity index (χ4v) is 2.32. The molecule has 2 rings (SSSR count). The van der Waals surface area contributed by atoms with E-state index in [-0.39, 0.29) is 24.0 Å². The van der Waals surface area contributed by atoms with Crippen LogP contribution in [0.2, 0.25) is 0 Å². The lowest BCUT2D eigenvalue weighted by molar-refractivity contribution is 0.336. The molecule has 0 radical (unpaired) electrons. The largest absolute Gasteiger partial charge is 0.494 e. The summed E-state index contributed by atoms with van der Waals surface area (Å²) >= 11 is 0. The first-order valence-electron chi connectivity index (χ1n) is 8.46. The van der Waals surface area contributed by atoms with Crippen LogP contribution in [0, 0.1) is 0 Å². The van der Waals surface area contributed by atoms with Gasteiger partial charge in [-0.2, -0.15) is 0 Å². The summed E-state index contributed by atoms with van der Waals surface area (Å²) in [4.78, 5) is 8.87. The van der Waals surface area contributed by atoms with Crippen LogP contribution < -0.4 is 15.4 Å². The molecule has 0 unspecified atom stereocenters. The topological polar surface area (TPSA) is 58.5 Å². The Bertz CT molecular complexity index is 634. The van der Waals surface area contributed by atoms with Crippen LogP contribution in [0.15, 0.2) is 53.7 Å². The van der Waals surface area contributed by atoms with E-state index in [1.54, 1.807) is 6.20 Å². The van der Waals surface area contributed by atoms with E-state index in [1.807, 2.05) is 43.3 Å². The van der Waals surface area contributed by atoms with Crippen LogP contribution in [0.5, 0.6) is 5.75 Å². The normalized spacial score (nSPS) is 10.7. The second-order valence-electron chi connectivity index (χ2n) is 5.23. The summed E-state index contributed by atoms with van der Waals surface area (Å²) in [6.07, 6.45) is 2.67. The zero-order chi connectivity index (χ0) is 17.0. The lowest BCUT2D eigenvalue weighted by Gasteiger charge is -2.13. The Morgan fingerprint density at radius 1 is 1.08 bits per heavy atom. The highest BCUT2D eigenvalue weighted by Gasteiger charge is 2.03. The number of hydrogen-bond donors (Lipinski definition) is 2. The zero-order valence-corrected chi connectivity index (χ0v) is 17.2. The summed E-state index contributed by atoms with van der Waals surface area (Å²) in [7, 11) is 0. The van der Waals surface area contributed by atoms with Crippen molar-refractivity contribution < 1.29 is 4.74 Å². The number of hydrogen-bond acceptors (Lipinski definition) is 3. The van der Waals surface area contributed by atoms with Crippen molar-refractivity contribution in [2.24, 2.45) is 4.99 Å².